The number of hydrogen-bond acceptors (Lipinski definition) is 4. The minimum absolute atomic E-state index is 0.218. The molecule has 0 saturated carbocycles. The molecule has 6 heteroatoms. The van der Waals surface area contributed by atoms with Crippen LogP contribution in [0.2, 0.25) is 0 Å². The molecule has 0 amide bonds. The number of aliphatic hydroxyl groups excluding tert-OH is 1. The maximum absolute atomic E-state index is 9.62. The topological polar surface area (TPSA) is 60.8 Å². The van der Waals surface area contributed by atoms with Gasteiger partial charge in [-0.3, -0.25) is 4.99 Å². The molecule has 2 rings (SSSR count). The number of aryl methyl sites for hydroxylation is 1. The average Bonchev–Trinajstić information content (AvgIpc) is 3.06. The summed E-state index contributed by atoms with van der Waals surface area (Å²) >= 11 is 1.78. The van der Waals surface area contributed by atoms with Crippen molar-refractivity contribution in [3.63, 3.8) is 0 Å². The zero-order valence-electron chi connectivity index (χ0n) is 12.3. The number of rotatable bonds is 5. The molecule has 112 valence electrons. The first-order valence-electron chi connectivity index (χ1n) is 7.37. The van der Waals surface area contributed by atoms with Crippen molar-refractivity contribution in [2.24, 2.45) is 4.99 Å². The van der Waals surface area contributed by atoms with Crippen molar-refractivity contribution in [2.75, 3.05) is 26.2 Å². The zero-order chi connectivity index (χ0) is 14.4. The second-order valence-electron chi connectivity index (χ2n) is 4.95. The summed E-state index contributed by atoms with van der Waals surface area (Å²) in [6, 6.07) is 0. The Bertz CT molecular complexity index is 446. The molecule has 0 aliphatic carbocycles. The zero-order valence-corrected chi connectivity index (χ0v) is 13.1. The average molecular weight is 296 g/mol. The molecule has 1 aromatic rings. The maximum Gasteiger partial charge on any atom is 0.194 e. The predicted octanol–water partition coefficient (Wildman–Crippen LogP) is 1.28. The van der Waals surface area contributed by atoms with E-state index in [2.05, 4.69) is 34.0 Å². The number of β-amino-alcohol motifs (C(OH)–C–C–N with tert-alkyl or cyclic N) is 1. The van der Waals surface area contributed by atoms with Crippen LogP contribution in [0.5, 0.6) is 0 Å². The molecule has 1 aromatic heterocycles. The summed E-state index contributed by atoms with van der Waals surface area (Å²) in [5.74, 6) is 0.913. The molecule has 0 bridgehead atoms. The van der Waals surface area contributed by atoms with Crippen molar-refractivity contribution < 1.29 is 5.11 Å². The largest absolute Gasteiger partial charge is 0.391 e. The Morgan fingerprint density at radius 2 is 2.45 bits per heavy atom. The number of guanidine groups is 1. The van der Waals surface area contributed by atoms with Crippen LogP contribution in [-0.2, 0) is 12.8 Å². The van der Waals surface area contributed by atoms with Crippen molar-refractivity contribution in [2.45, 2.75) is 39.2 Å². The van der Waals surface area contributed by atoms with E-state index in [1.54, 1.807) is 11.3 Å². The molecular formula is C14H24N4OS. The van der Waals surface area contributed by atoms with Crippen LogP contribution in [0.3, 0.4) is 0 Å². The number of aliphatic imine (C=N–C) groups is 1. The SMILES string of the molecule is CCNC(=NCCc1ncc(CC)s1)N1CC[C@@H](O)C1. The maximum atomic E-state index is 9.62. The van der Waals surface area contributed by atoms with Crippen LogP contribution in [0.15, 0.2) is 11.2 Å². The van der Waals surface area contributed by atoms with Gasteiger partial charge in [0, 0.05) is 43.7 Å². The lowest BCUT2D eigenvalue weighted by atomic mass is 10.3. The van der Waals surface area contributed by atoms with E-state index < -0.39 is 0 Å². The van der Waals surface area contributed by atoms with Crippen LogP contribution in [0.25, 0.3) is 0 Å². The number of aliphatic hydroxyl groups is 1. The number of nitrogens with one attached hydrogen (secondary N) is 1. The first-order valence-corrected chi connectivity index (χ1v) is 8.19. The first-order chi connectivity index (χ1) is 9.72. The molecule has 0 spiro atoms. The molecular weight excluding hydrogens is 272 g/mol. The van der Waals surface area contributed by atoms with Crippen LogP contribution in [0, 0.1) is 0 Å². The summed E-state index contributed by atoms with van der Waals surface area (Å²) in [6.07, 6.45) is 4.51. The monoisotopic (exact) mass is 296 g/mol. The summed E-state index contributed by atoms with van der Waals surface area (Å²) in [5, 5.41) is 14.1. The van der Waals surface area contributed by atoms with Gasteiger partial charge in [-0.2, -0.15) is 0 Å². The Labute approximate surface area is 124 Å². The number of aromatic nitrogens is 1. The third-order valence-corrected chi connectivity index (χ3v) is 4.54. The molecule has 1 saturated heterocycles. The molecule has 2 N–H and O–H groups in total. The van der Waals surface area contributed by atoms with Gasteiger partial charge in [0.2, 0.25) is 0 Å². The predicted molar refractivity (Wildman–Crippen MR) is 83.4 cm³/mol. The molecule has 1 fully saturated rings. The van der Waals surface area contributed by atoms with Crippen LogP contribution in [0.4, 0.5) is 0 Å². The molecule has 1 aliphatic rings. The van der Waals surface area contributed by atoms with E-state index in [4.69, 9.17) is 0 Å². The Balaban J connectivity index is 1.88. The Hall–Kier alpha value is -1.14. The van der Waals surface area contributed by atoms with E-state index >= 15 is 0 Å². The highest BCUT2D eigenvalue weighted by Crippen LogP contribution is 2.14. The van der Waals surface area contributed by atoms with Gasteiger partial charge in [-0.1, -0.05) is 6.92 Å². The quantitative estimate of drug-likeness (QED) is 0.635. The van der Waals surface area contributed by atoms with Gasteiger partial charge in [-0.15, -0.1) is 11.3 Å². The van der Waals surface area contributed by atoms with Gasteiger partial charge in [-0.25, -0.2) is 4.98 Å². The molecule has 0 unspecified atom stereocenters. The standard InChI is InChI=1S/C14H24N4OS/c1-3-12-9-17-13(20-12)5-7-16-14(15-4-2)18-8-6-11(19)10-18/h9,11,19H,3-8,10H2,1-2H3,(H,15,16)/t11-/m1/s1. The van der Waals surface area contributed by atoms with Crippen molar-refractivity contribution in [3.8, 4) is 0 Å². The smallest absolute Gasteiger partial charge is 0.194 e. The number of thiazole rings is 1. The van der Waals surface area contributed by atoms with Gasteiger partial charge in [0.15, 0.2) is 5.96 Å². The van der Waals surface area contributed by atoms with Gasteiger partial charge in [0.05, 0.1) is 11.1 Å². The van der Waals surface area contributed by atoms with Crippen LogP contribution in [0.1, 0.15) is 30.2 Å². The van der Waals surface area contributed by atoms with Crippen LogP contribution < -0.4 is 5.32 Å². The normalized spacial score (nSPS) is 19.6. The van der Waals surface area contributed by atoms with Crippen molar-refractivity contribution >= 4 is 17.3 Å². The van der Waals surface area contributed by atoms with Gasteiger partial charge in [0.1, 0.15) is 0 Å². The third-order valence-electron chi connectivity index (χ3n) is 3.33. The molecule has 0 radical (unpaired) electrons. The lowest BCUT2D eigenvalue weighted by molar-refractivity contribution is 0.188. The first kappa shape index (κ1) is 15.3. The van der Waals surface area contributed by atoms with Crippen LogP contribution >= 0.6 is 11.3 Å². The summed E-state index contributed by atoms with van der Waals surface area (Å²) in [6.45, 7) is 7.37. The van der Waals surface area contributed by atoms with E-state index in [1.165, 1.54) is 4.88 Å². The van der Waals surface area contributed by atoms with E-state index in [9.17, 15) is 5.11 Å². The van der Waals surface area contributed by atoms with Gasteiger partial charge < -0.3 is 15.3 Å². The van der Waals surface area contributed by atoms with E-state index in [0.717, 1.165) is 49.9 Å². The highest BCUT2D eigenvalue weighted by atomic mass is 32.1. The second-order valence-corrected chi connectivity index (χ2v) is 6.15. The molecule has 20 heavy (non-hydrogen) atoms. The second kappa shape index (κ2) is 7.59. The Morgan fingerprint density at radius 3 is 3.05 bits per heavy atom. The van der Waals surface area contributed by atoms with Crippen molar-refractivity contribution in [3.05, 3.63) is 16.1 Å². The minimum Gasteiger partial charge on any atom is -0.391 e. The number of nitrogens with zero attached hydrogens (tertiary/aromatic N) is 3. The van der Waals surface area contributed by atoms with E-state index in [-0.39, 0.29) is 6.10 Å². The molecule has 1 atom stereocenters. The lowest BCUT2D eigenvalue weighted by Gasteiger charge is -2.20. The fraction of sp³-hybridized carbons (Fsp3) is 0.714. The summed E-state index contributed by atoms with van der Waals surface area (Å²) in [7, 11) is 0. The van der Waals surface area contributed by atoms with Gasteiger partial charge in [-0.05, 0) is 19.8 Å². The summed E-state index contributed by atoms with van der Waals surface area (Å²) in [5.41, 5.74) is 0. The highest BCUT2D eigenvalue weighted by Gasteiger charge is 2.22. The fourth-order valence-electron chi connectivity index (χ4n) is 2.24. The third kappa shape index (κ3) is 4.18. The minimum atomic E-state index is -0.218. The van der Waals surface area contributed by atoms with E-state index in [0.29, 0.717) is 6.54 Å². The molecule has 2 heterocycles. The van der Waals surface area contributed by atoms with E-state index in [1.807, 2.05) is 6.20 Å². The fourth-order valence-corrected chi connectivity index (χ4v) is 3.10. The Morgan fingerprint density at radius 1 is 1.60 bits per heavy atom. The lowest BCUT2D eigenvalue weighted by Crippen LogP contribution is -2.40. The number of likely N-dealkylation sites (tertiary alicyclic amines) is 1. The Kier molecular flexibility index (Phi) is 5.79. The van der Waals surface area contributed by atoms with Crippen molar-refractivity contribution in [1.29, 1.82) is 0 Å². The molecule has 5 nitrogen and oxygen atoms in total. The molecule has 1 aliphatic heterocycles. The molecule has 0 aromatic carbocycles. The highest BCUT2D eigenvalue weighted by molar-refractivity contribution is 7.11. The van der Waals surface area contributed by atoms with Crippen LogP contribution in [-0.4, -0.2) is 53.2 Å². The van der Waals surface area contributed by atoms with Gasteiger partial charge >= 0.3 is 0 Å². The van der Waals surface area contributed by atoms with Gasteiger partial charge in [0.25, 0.3) is 0 Å². The van der Waals surface area contributed by atoms with Crippen molar-refractivity contribution in [1.82, 2.24) is 15.2 Å². The summed E-state index contributed by atoms with van der Waals surface area (Å²) in [4.78, 5) is 12.5. The number of hydrogen-bond donors (Lipinski definition) is 2. The summed E-state index contributed by atoms with van der Waals surface area (Å²) < 4.78 is 0.